The van der Waals surface area contributed by atoms with Crippen molar-refractivity contribution in [3.05, 3.63) is 53.6 Å². The molecule has 0 spiro atoms. The summed E-state index contributed by atoms with van der Waals surface area (Å²) in [7, 11) is 0. The molecule has 29 heavy (non-hydrogen) atoms. The molecule has 1 N–H and O–H groups in total. The molecule has 3 rings (SSSR count). The Balaban J connectivity index is 1.79. The number of hydrogen-bond acceptors (Lipinski definition) is 5. The molecule has 0 radical (unpaired) electrons. The Morgan fingerprint density at radius 2 is 1.97 bits per heavy atom. The zero-order valence-corrected chi connectivity index (χ0v) is 16.8. The number of rotatable bonds is 7. The van der Waals surface area contributed by atoms with Crippen LogP contribution in [-0.2, 0) is 16.0 Å². The Kier molecular flexibility index (Phi) is 6.16. The van der Waals surface area contributed by atoms with Crippen molar-refractivity contribution >= 4 is 34.4 Å². The number of ether oxygens (including phenoxy) is 1. The fourth-order valence-electron chi connectivity index (χ4n) is 3.29. The molecule has 0 aliphatic carbocycles. The van der Waals surface area contributed by atoms with E-state index in [1.165, 1.54) is 11.5 Å². The summed E-state index contributed by atoms with van der Waals surface area (Å²) in [5.74, 6) is 0.527. The number of anilines is 1. The first-order chi connectivity index (χ1) is 13.9. The molecule has 1 amide bonds. The SMILES string of the molecule is CCOC(=O)CCCc1oc(C)cc1NC(=O)c1cn(C(C)=O)c2ccccc12. The highest BCUT2D eigenvalue weighted by molar-refractivity contribution is 6.14. The van der Waals surface area contributed by atoms with Gasteiger partial charge in [-0.3, -0.25) is 19.0 Å². The number of furan rings is 1. The minimum Gasteiger partial charge on any atom is -0.466 e. The molecule has 0 aliphatic heterocycles. The van der Waals surface area contributed by atoms with Crippen LogP contribution in [0.5, 0.6) is 0 Å². The molecule has 2 aromatic heterocycles. The van der Waals surface area contributed by atoms with Gasteiger partial charge >= 0.3 is 5.97 Å². The second kappa shape index (κ2) is 8.77. The third-order valence-corrected chi connectivity index (χ3v) is 4.57. The van der Waals surface area contributed by atoms with Crippen LogP contribution in [0.25, 0.3) is 10.9 Å². The number of aromatic nitrogens is 1. The van der Waals surface area contributed by atoms with Crippen LogP contribution in [0.15, 0.2) is 40.9 Å². The third kappa shape index (κ3) is 4.56. The van der Waals surface area contributed by atoms with Crippen molar-refractivity contribution in [1.82, 2.24) is 4.57 Å². The highest BCUT2D eigenvalue weighted by atomic mass is 16.5. The van der Waals surface area contributed by atoms with Crippen LogP contribution in [0.1, 0.15) is 53.4 Å². The van der Waals surface area contributed by atoms with E-state index in [1.54, 1.807) is 32.2 Å². The number of para-hydroxylation sites is 1. The Morgan fingerprint density at radius 1 is 1.21 bits per heavy atom. The van der Waals surface area contributed by atoms with Gasteiger partial charge in [-0.2, -0.15) is 0 Å². The van der Waals surface area contributed by atoms with Gasteiger partial charge in [0.05, 0.1) is 23.4 Å². The molecule has 0 fully saturated rings. The Bertz CT molecular complexity index is 1060. The van der Waals surface area contributed by atoms with E-state index >= 15 is 0 Å². The van der Waals surface area contributed by atoms with E-state index < -0.39 is 0 Å². The summed E-state index contributed by atoms with van der Waals surface area (Å²) in [6.07, 6.45) is 2.89. The number of aryl methyl sites for hydroxylation is 2. The maximum absolute atomic E-state index is 12.9. The van der Waals surface area contributed by atoms with Gasteiger partial charge in [0, 0.05) is 37.4 Å². The molecule has 0 unspecified atom stereocenters. The molecule has 0 atom stereocenters. The summed E-state index contributed by atoms with van der Waals surface area (Å²) in [4.78, 5) is 36.4. The first kappa shape index (κ1) is 20.4. The van der Waals surface area contributed by atoms with E-state index in [9.17, 15) is 14.4 Å². The molecule has 7 nitrogen and oxygen atoms in total. The number of nitrogens with one attached hydrogen (secondary N) is 1. The number of nitrogens with zero attached hydrogens (tertiary/aromatic N) is 1. The van der Waals surface area contributed by atoms with E-state index in [0.29, 0.717) is 53.1 Å². The first-order valence-electron chi connectivity index (χ1n) is 9.58. The molecule has 1 aromatic carbocycles. The Morgan fingerprint density at radius 3 is 2.69 bits per heavy atom. The molecule has 152 valence electrons. The van der Waals surface area contributed by atoms with Crippen LogP contribution in [0.2, 0.25) is 0 Å². The van der Waals surface area contributed by atoms with Crippen LogP contribution in [-0.4, -0.2) is 29.0 Å². The highest BCUT2D eigenvalue weighted by Gasteiger charge is 2.19. The van der Waals surface area contributed by atoms with Crippen LogP contribution >= 0.6 is 0 Å². The predicted molar refractivity (Wildman–Crippen MR) is 109 cm³/mol. The lowest BCUT2D eigenvalue weighted by Gasteiger charge is -2.05. The minimum atomic E-state index is -0.325. The fourth-order valence-corrected chi connectivity index (χ4v) is 3.29. The first-order valence-corrected chi connectivity index (χ1v) is 9.58. The van der Waals surface area contributed by atoms with Crippen molar-refractivity contribution in [2.24, 2.45) is 0 Å². The molecule has 0 saturated heterocycles. The van der Waals surface area contributed by atoms with E-state index in [2.05, 4.69) is 5.32 Å². The Labute approximate surface area is 168 Å². The summed E-state index contributed by atoms with van der Waals surface area (Å²) >= 11 is 0. The van der Waals surface area contributed by atoms with Crippen molar-refractivity contribution in [2.45, 2.75) is 40.0 Å². The van der Waals surface area contributed by atoms with Gasteiger partial charge < -0.3 is 14.5 Å². The fraction of sp³-hybridized carbons (Fsp3) is 0.318. The van der Waals surface area contributed by atoms with Gasteiger partial charge in [-0.15, -0.1) is 0 Å². The molecule has 3 aromatic rings. The number of carbonyl (C=O) groups is 3. The second-order valence-electron chi connectivity index (χ2n) is 6.76. The quantitative estimate of drug-likeness (QED) is 0.600. The number of carbonyl (C=O) groups excluding carboxylic acids is 3. The monoisotopic (exact) mass is 396 g/mol. The predicted octanol–water partition coefficient (Wildman–Crippen LogP) is 4.34. The summed E-state index contributed by atoms with van der Waals surface area (Å²) in [6.45, 7) is 5.37. The van der Waals surface area contributed by atoms with Crippen LogP contribution in [0, 0.1) is 6.92 Å². The van der Waals surface area contributed by atoms with Gasteiger partial charge in [-0.05, 0) is 26.3 Å². The van der Waals surface area contributed by atoms with Crippen molar-refractivity contribution in [3.8, 4) is 0 Å². The summed E-state index contributed by atoms with van der Waals surface area (Å²) in [5, 5.41) is 3.58. The lowest BCUT2D eigenvalue weighted by molar-refractivity contribution is -0.143. The molecule has 2 heterocycles. The van der Waals surface area contributed by atoms with Gasteiger partial charge in [-0.1, -0.05) is 18.2 Å². The smallest absolute Gasteiger partial charge is 0.305 e. The number of amides is 1. The maximum Gasteiger partial charge on any atom is 0.305 e. The van der Waals surface area contributed by atoms with Gasteiger partial charge in [0.25, 0.3) is 5.91 Å². The zero-order chi connectivity index (χ0) is 21.0. The molecule has 0 aliphatic rings. The number of esters is 1. The summed E-state index contributed by atoms with van der Waals surface area (Å²) in [6, 6.07) is 9.01. The van der Waals surface area contributed by atoms with Gasteiger partial charge in [0.2, 0.25) is 5.91 Å². The molecule has 0 bridgehead atoms. The van der Waals surface area contributed by atoms with E-state index in [0.717, 1.165) is 0 Å². The van der Waals surface area contributed by atoms with Crippen molar-refractivity contribution < 1.29 is 23.5 Å². The van der Waals surface area contributed by atoms with Crippen LogP contribution < -0.4 is 5.32 Å². The minimum absolute atomic E-state index is 0.168. The molecule has 7 heteroatoms. The van der Waals surface area contributed by atoms with Gasteiger partial charge in [0.15, 0.2) is 0 Å². The normalized spacial score (nSPS) is 10.9. The topological polar surface area (TPSA) is 90.5 Å². The van der Waals surface area contributed by atoms with Crippen LogP contribution in [0.4, 0.5) is 5.69 Å². The van der Waals surface area contributed by atoms with Crippen molar-refractivity contribution in [3.63, 3.8) is 0 Å². The Hall–Kier alpha value is -3.35. The van der Waals surface area contributed by atoms with E-state index in [4.69, 9.17) is 9.15 Å². The average Bonchev–Trinajstić information content (AvgIpc) is 3.22. The number of hydrogen-bond donors (Lipinski definition) is 1. The standard InChI is InChI=1S/C22H24N2O5/c1-4-28-21(26)11-7-10-20-18(12-14(2)29-20)23-22(27)17-13-24(15(3)25)19-9-6-5-8-16(17)19/h5-6,8-9,12-13H,4,7,10-11H2,1-3H3,(H,23,27). The average molecular weight is 396 g/mol. The molecular formula is C22H24N2O5. The summed E-state index contributed by atoms with van der Waals surface area (Å²) < 4.78 is 12.1. The molecule has 0 saturated carbocycles. The second-order valence-corrected chi connectivity index (χ2v) is 6.76. The largest absolute Gasteiger partial charge is 0.466 e. The van der Waals surface area contributed by atoms with Gasteiger partial charge in [0.1, 0.15) is 11.5 Å². The lowest BCUT2D eigenvalue weighted by atomic mass is 10.1. The highest BCUT2D eigenvalue weighted by Crippen LogP contribution is 2.26. The third-order valence-electron chi connectivity index (χ3n) is 4.57. The number of fused-ring (bicyclic) bond motifs is 1. The maximum atomic E-state index is 12.9. The van der Waals surface area contributed by atoms with E-state index in [1.807, 2.05) is 18.2 Å². The van der Waals surface area contributed by atoms with Gasteiger partial charge in [-0.25, -0.2) is 0 Å². The van der Waals surface area contributed by atoms with Crippen molar-refractivity contribution in [2.75, 3.05) is 11.9 Å². The summed E-state index contributed by atoms with van der Waals surface area (Å²) in [5.41, 5.74) is 1.66. The lowest BCUT2D eigenvalue weighted by Crippen LogP contribution is -2.12. The van der Waals surface area contributed by atoms with E-state index in [-0.39, 0.29) is 24.2 Å². The molecular weight excluding hydrogens is 372 g/mol. The van der Waals surface area contributed by atoms with Crippen molar-refractivity contribution in [1.29, 1.82) is 0 Å². The number of benzene rings is 1. The zero-order valence-electron chi connectivity index (χ0n) is 16.8. The van der Waals surface area contributed by atoms with Crippen LogP contribution in [0.3, 0.4) is 0 Å².